The Morgan fingerprint density at radius 2 is 2.24 bits per heavy atom. The van der Waals surface area contributed by atoms with Crippen molar-refractivity contribution in [3.63, 3.8) is 0 Å². The van der Waals surface area contributed by atoms with Gasteiger partial charge in [-0.1, -0.05) is 13.8 Å². The smallest absolute Gasteiger partial charge is 0.328 e. The quantitative estimate of drug-likeness (QED) is 0.681. The minimum atomic E-state index is -0.484. The second-order valence-electron chi connectivity index (χ2n) is 3.72. The van der Waals surface area contributed by atoms with Crippen LogP contribution in [0.4, 0.5) is 5.82 Å². The highest BCUT2D eigenvalue weighted by Crippen LogP contribution is 2.22. The molecule has 7 heteroatoms. The molecule has 0 radical (unpaired) electrons. The van der Waals surface area contributed by atoms with E-state index in [-0.39, 0.29) is 17.2 Å². The van der Waals surface area contributed by atoms with Gasteiger partial charge in [-0.25, -0.2) is 9.78 Å². The van der Waals surface area contributed by atoms with E-state index >= 15 is 0 Å². The van der Waals surface area contributed by atoms with Crippen molar-refractivity contribution in [1.29, 1.82) is 0 Å². The van der Waals surface area contributed by atoms with Gasteiger partial charge in [-0.2, -0.15) is 4.98 Å². The van der Waals surface area contributed by atoms with Crippen LogP contribution in [0.3, 0.4) is 0 Å². The second kappa shape index (κ2) is 6.16. The maximum Gasteiger partial charge on any atom is 0.328 e. The van der Waals surface area contributed by atoms with Crippen molar-refractivity contribution < 1.29 is 9.53 Å². The third kappa shape index (κ3) is 3.81. The molecule has 0 aliphatic heterocycles. The molecule has 1 atom stereocenters. The molecule has 1 N–H and O–H groups in total. The predicted molar refractivity (Wildman–Crippen MR) is 69.0 cm³/mol. The molecule has 1 aromatic rings. The van der Waals surface area contributed by atoms with Gasteiger partial charge in [0.05, 0.1) is 11.6 Å². The Morgan fingerprint density at radius 1 is 1.59 bits per heavy atom. The van der Waals surface area contributed by atoms with E-state index in [4.69, 9.17) is 16.3 Å². The Kier molecular flexibility index (Phi) is 5.14. The fraction of sp³-hybridized carbons (Fsp3) is 0.500. The molecule has 0 saturated heterocycles. The molecule has 0 bridgehead atoms. The van der Waals surface area contributed by atoms with Crippen molar-refractivity contribution in [2.24, 2.45) is 5.92 Å². The number of rotatable bonds is 4. The molecule has 0 amide bonds. The zero-order chi connectivity index (χ0) is 13.0. The molecule has 0 aliphatic carbocycles. The number of carbonyl (C=O) groups excluding carboxylic acids is 1. The van der Waals surface area contributed by atoms with Gasteiger partial charge < -0.3 is 10.1 Å². The van der Waals surface area contributed by atoms with Gasteiger partial charge in [-0.3, -0.25) is 0 Å². The third-order valence-electron chi connectivity index (χ3n) is 2.13. The van der Waals surface area contributed by atoms with Crippen molar-refractivity contribution in [2.75, 3.05) is 12.4 Å². The van der Waals surface area contributed by atoms with E-state index < -0.39 is 6.04 Å². The minimum Gasteiger partial charge on any atom is -0.467 e. The summed E-state index contributed by atoms with van der Waals surface area (Å²) in [6, 6.07) is -0.484. The number of hydrogen-bond acceptors (Lipinski definition) is 5. The minimum absolute atomic E-state index is 0.0584. The Labute approximate surface area is 113 Å². The molecule has 0 aromatic carbocycles. The predicted octanol–water partition coefficient (Wildman–Crippen LogP) is 2.50. The zero-order valence-corrected chi connectivity index (χ0v) is 12.0. The molecule has 17 heavy (non-hydrogen) atoms. The number of ether oxygens (including phenoxy) is 1. The van der Waals surface area contributed by atoms with Crippen molar-refractivity contribution in [3.05, 3.63) is 16.0 Å². The molecule has 0 unspecified atom stereocenters. The molecule has 0 aliphatic rings. The van der Waals surface area contributed by atoms with Crippen LogP contribution in [0.1, 0.15) is 13.8 Å². The highest BCUT2D eigenvalue weighted by atomic mass is 79.9. The summed E-state index contributed by atoms with van der Waals surface area (Å²) >= 11 is 8.97. The Hall–Kier alpha value is -0.880. The number of anilines is 1. The topological polar surface area (TPSA) is 64.1 Å². The summed E-state index contributed by atoms with van der Waals surface area (Å²) in [5.74, 6) is 0.179. The molecule has 1 rings (SSSR count). The molecule has 0 fully saturated rings. The van der Waals surface area contributed by atoms with Gasteiger partial charge in [0, 0.05) is 6.20 Å². The van der Waals surface area contributed by atoms with E-state index in [0.29, 0.717) is 10.3 Å². The van der Waals surface area contributed by atoms with E-state index in [9.17, 15) is 4.79 Å². The maximum absolute atomic E-state index is 11.6. The number of carbonyl (C=O) groups is 1. The fourth-order valence-corrected chi connectivity index (χ4v) is 1.66. The SMILES string of the molecule is COC(=O)[C@H](Nc1nc(Cl)ncc1Br)C(C)C. The Morgan fingerprint density at radius 3 is 2.76 bits per heavy atom. The van der Waals surface area contributed by atoms with Crippen molar-refractivity contribution in [2.45, 2.75) is 19.9 Å². The number of halogens is 2. The van der Waals surface area contributed by atoms with Gasteiger partial charge in [0.2, 0.25) is 5.28 Å². The third-order valence-corrected chi connectivity index (χ3v) is 2.89. The fourth-order valence-electron chi connectivity index (χ4n) is 1.22. The molecule has 5 nitrogen and oxygen atoms in total. The lowest BCUT2D eigenvalue weighted by molar-refractivity contribution is -0.142. The second-order valence-corrected chi connectivity index (χ2v) is 4.92. The standard InChI is InChI=1S/C10H13BrClN3O2/c1-5(2)7(9(16)17-3)14-8-6(11)4-13-10(12)15-8/h4-5,7H,1-3H3,(H,13,14,15)/t7-/m1/s1. The van der Waals surface area contributed by atoms with Crippen molar-refractivity contribution >= 4 is 39.3 Å². The monoisotopic (exact) mass is 321 g/mol. The lowest BCUT2D eigenvalue weighted by atomic mass is 10.0. The first-order chi connectivity index (χ1) is 7.95. The lowest BCUT2D eigenvalue weighted by Crippen LogP contribution is -2.35. The van der Waals surface area contributed by atoms with E-state index in [2.05, 4.69) is 31.2 Å². The van der Waals surface area contributed by atoms with Crippen LogP contribution < -0.4 is 5.32 Å². The number of hydrogen-bond donors (Lipinski definition) is 1. The summed E-state index contributed by atoms with van der Waals surface area (Å²) in [4.78, 5) is 19.4. The van der Waals surface area contributed by atoms with Crippen molar-refractivity contribution in [1.82, 2.24) is 9.97 Å². The van der Waals surface area contributed by atoms with Crippen LogP contribution in [0.25, 0.3) is 0 Å². The van der Waals surface area contributed by atoms with Gasteiger partial charge in [0.15, 0.2) is 0 Å². The van der Waals surface area contributed by atoms with Crippen LogP contribution in [0.5, 0.6) is 0 Å². The van der Waals surface area contributed by atoms with Crippen LogP contribution in [0, 0.1) is 5.92 Å². The van der Waals surface area contributed by atoms with Crippen molar-refractivity contribution in [3.8, 4) is 0 Å². The van der Waals surface area contributed by atoms with Gasteiger partial charge >= 0.3 is 5.97 Å². The van der Waals surface area contributed by atoms with Gasteiger partial charge in [-0.05, 0) is 33.4 Å². The highest BCUT2D eigenvalue weighted by molar-refractivity contribution is 9.10. The first kappa shape index (κ1) is 14.2. The largest absolute Gasteiger partial charge is 0.467 e. The molecule has 1 heterocycles. The normalized spacial score (nSPS) is 12.4. The van der Waals surface area contributed by atoms with Gasteiger partial charge in [0.25, 0.3) is 0 Å². The van der Waals surface area contributed by atoms with Gasteiger partial charge in [0.1, 0.15) is 11.9 Å². The molecule has 0 saturated carbocycles. The van der Waals surface area contributed by atoms with E-state index in [1.807, 2.05) is 13.8 Å². The zero-order valence-electron chi connectivity index (χ0n) is 9.70. The molecule has 94 valence electrons. The summed E-state index contributed by atoms with van der Waals surface area (Å²) in [6.45, 7) is 3.82. The number of methoxy groups -OCH3 is 1. The average molecular weight is 323 g/mol. The van der Waals surface area contributed by atoms with E-state index in [1.165, 1.54) is 13.3 Å². The average Bonchev–Trinajstić information content (AvgIpc) is 2.28. The molecule has 0 spiro atoms. The summed E-state index contributed by atoms with van der Waals surface area (Å²) in [5.41, 5.74) is 0. The van der Waals surface area contributed by atoms with Crippen LogP contribution in [0.2, 0.25) is 5.28 Å². The summed E-state index contributed by atoms with van der Waals surface area (Å²) in [6.07, 6.45) is 1.52. The first-order valence-electron chi connectivity index (χ1n) is 4.98. The van der Waals surface area contributed by atoms with Crippen LogP contribution in [-0.4, -0.2) is 29.1 Å². The molecular weight excluding hydrogens is 309 g/mol. The van der Waals surface area contributed by atoms with Crippen LogP contribution >= 0.6 is 27.5 Å². The maximum atomic E-state index is 11.6. The summed E-state index contributed by atoms with van der Waals surface area (Å²) < 4.78 is 5.36. The highest BCUT2D eigenvalue weighted by Gasteiger charge is 2.24. The first-order valence-corrected chi connectivity index (χ1v) is 6.15. The molecule has 1 aromatic heterocycles. The lowest BCUT2D eigenvalue weighted by Gasteiger charge is -2.20. The number of nitrogens with zero attached hydrogens (tertiary/aromatic N) is 2. The molecular formula is C10H13BrClN3O2. The van der Waals surface area contributed by atoms with Crippen LogP contribution in [0.15, 0.2) is 10.7 Å². The summed E-state index contributed by atoms with van der Waals surface area (Å²) in [5, 5.41) is 3.10. The van der Waals surface area contributed by atoms with E-state index in [0.717, 1.165) is 0 Å². The Bertz CT molecular complexity index is 415. The number of aromatic nitrogens is 2. The van der Waals surface area contributed by atoms with E-state index in [1.54, 1.807) is 0 Å². The van der Waals surface area contributed by atoms with Gasteiger partial charge in [-0.15, -0.1) is 0 Å². The van der Waals surface area contributed by atoms with Crippen LogP contribution in [-0.2, 0) is 9.53 Å². The summed E-state index contributed by atoms with van der Waals surface area (Å²) in [7, 11) is 1.35. The Balaban J connectivity index is 2.93. The number of esters is 1. The number of nitrogens with one attached hydrogen (secondary N) is 1.